The zero-order chi connectivity index (χ0) is 33.1. The zero-order valence-corrected chi connectivity index (χ0v) is 29.7. The molecule has 2 heterocycles. The van der Waals surface area contributed by atoms with E-state index in [1.807, 2.05) is 35.0 Å². The molecule has 0 amide bonds. The molecule has 0 radical (unpaired) electrons. The molecule has 0 aliphatic rings. The second-order valence-corrected chi connectivity index (χ2v) is 18.3. The first-order chi connectivity index (χ1) is 21.1. The average molecular weight is 626 g/mol. The number of aryl methyl sites for hydroxylation is 2. The maximum absolute atomic E-state index is 11.9. The number of hydrogen-bond donors (Lipinski definition) is 0. The van der Waals surface area contributed by atoms with Gasteiger partial charge in [0.1, 0.15) is 18.1 Å². The van der Waals surface area contributed by atoms with Crippen LogP contribution in [0.4, 0.5) is 0 Å². The number of aromatic nitrogens is 3. The van der Waals surface area contributed by atoms with Crippen molar-refractivity contribution in [2.75, 3.05) is 7.11 Å². The number of pyridine rings is 1. The van der Waals surface area contributed by atoms with Crippen molar-refractivity contribution in [1.82, 2.24) is 14.6 Å². The summed E-state index contributed by atoms with van der Waals surface area (Å²) >= 11 is 0. The van der Waals surface area contributed by atoms with Gasteiger partial charge in [0.2, 0.25) is 8.32 Å². The highest BCUT2D eigenvalue weighted by Gasteiger charge is 2.39. The zero-order valence-electron chi connectivity index (χ0n) is 28.7. The second kappa shape index (κ2) is 13.5. The molecule has 7 nitrogen and oxygen atoms in total. The number of carbonyl (C=O) groups is 1. The van der Waals surface area contributed by atoms with E-state index in [0.29, 0.717) is 6.61 Å². The molecule has 0 aliphatic carbocycles. The van der Waals surface area contributed by atoms with Gasteiger partial charge in [0, 0.05) is 23.2 Å². The molecular formula is C37H47N3O4Si. The Morgan fingerprint density at radius 1 is 1.02 bits per heavy atom. The minimum absolute atomic E-state index is 0.109. The third-order valence-corrected chi connectivity index (χ3v) is 12.9. The minimum Gasteiger partial charge on any atom is -0.543 e. The van der Waals surface area contributed by atoms with Crippen LogP contribution in [0.5, 0.6) is 11.5 Å². The van der Waals surface area contributed by atoms with E-state index >= 15 is 0 Å². The van der Waals surface area contributed by atoms with Crippen LogP contribution in [0, 0.1) is 25.7 Å². The predicted molar refractivity (Wildman–Crippen MR) is 183 cm³/mol. The van der Waals surface area contributed by atoms with Crippen LogP contribution in [-0.2, 0) is 16.1 Å². The number of methoxy groups -OCH3 is 1. The number of nitrogens with zero attached hydrogens (tertiary/aromatic N) is 3. The van der Waals surface area contributed by atoms with Crippen LogP contribution in [0.1, 0.15) is 87.9 Å². The van der Waals surface area contributed by atoms with Crippen LogP contribution in [0.15, 0.2) is 48.7 Å². The Kier molecular flexibility index (Phi) is 10.1. The number of rotatable bonds is 10. The van der Waals surface area contributed by atoms with Gasteiger partial charge in [-0.25, -0.2) is 9.50 Å². The summed E-state index contributed by atoms with van der Waals surface area (Å²) in [5, 5.41) is 4.93. The standard InChI is InChI=1S/C37H47N3O4Si/c1-12-13-29(21-33(41)42-9)28-14-16-30(17-15-28)43-23-27-20-32(36-38-35(24(2)3)39-40(36)22-27)34-25(4)18-31(19-26(34)5)44-45(10,11)37(6,7)8/h14-20,22,24,29H,21,23H2,1-11H3/t29-/m0/s1. The van der Waals surface area contributed by atoms with Gasteiger partial charge in [-0.05, 0) is 91.5 Å². The average Bonchev–Trinajstić information content (AvgIpc) is 3.40. The molecule has 0 N–H and O–H groups in total. The van der Waals surface area contributed by atoms with Gasteiger partial charge in [0.05, 0.1) is 19.4 Å². The molecule has 4 rings (SSSR count). The van der Waals surface area contributed by atoms with E-state index in [1.54, 1.807) is 6.92 Å². The van der Waals surface area contributed by atoms with E-state index in [9.17, 15) is 4.79 Å². The highest BCUT2D eigenvalue weighted by atomic mass is 28.4. The van der Waals surface area contributed by atoms with Crippen molar-refractivity contribution in [3.8, 4) is 34.5 Å². The SMILES string of the molecule is CC#C[C@@H](CC(=O)OC)c1ccc(OCc2cc(-c3c(C)cc(O[Si](C)(C)C(C)(C)C)cc3C)c3nc(C(C)C)nn3c2)cc1. The Morgan fingerprint density at radius 2 is 1.67 bits per heavy atom. The van der Waals surface area contributed by atoms with Crippen LogP contribution in [0.25, 0.3) is 16.8 Å². The summed E-state index contributed by atoms with van der Waals surface area (Å²) in [5.41, 5.74) is 7.15. The number of carbonyl (C=O) groups excluding carboxylic acids is 1. The van der Waals surface area contributed by atoms with Gasteiger partial charge in [0.25, 0.3) is 0 Å². The molecule has 0 unspecified atom stereocenters. The van der Waals surface area contributed by atoms with E-state index in [1.165, 1.54) is 7.11 Å². The Bertz CT molecular complexity index is 1710. The Morgan fingerprint density at radius 3 is 2.22 bits per heavy atom. The number of benzene rings is 2. The first-order valence-corrected chi connectivity index (χ1v) is 18.5. The topological polar surface area (TPSA) is 75.0 Å². The first kappa shape index (κ1) is 33.8. The van der Waals surface area contributed by atoms with Crippen LogP contribution in [0.2, 0.25) is 18.1 Å². The maximum Gasteiger partial charge on any atom is 0.307 e. The summed E-state index contributed by atoms with van der Waals surface area (Å²) in [6.07, 6.45) is 2.20. The molecule has 0 aliphatic heterocycles. The summed E-state index contributed by atoms with van der Waals surface area (Å²) < 4.78 is 19.6. The fraction of sp³-hybridized carbons (Fsp3) is 0.432. The van der Waals surface area contributed by atoms with Crippen molar-refractivity contribution in [3.05, 3.63) is 76.7 Å². The fourth-order valence-electron chi connectivity index (χ4n) is 5.06. The molecule has 0 spiro atoms. The molecule has 0 saturated carbocycles. The van der Waals surface area contributed by atoms with Crippen molar-refractivity contribution < 1.29 is 18.7 Å². The van der Waals surface area contributed by atoms with Crippen molar-refractivity contribution in [3.63, 3.8) is 0 Å². The van der Waals surface area contributed by atoms with Crippen molar-refractivity contribution in [1.29, 1.82) is 0 Å². The van der Waals surface area contributed by atoms with Gasteiger partial charge >= 0.3 is 5.97 Å². The third kappa shape index (κ3) is 7.77. The molecule has 4 aromatic rings. The highest BCUT2D eigenvalue weighted by molar-refractivity contribution is 6.74. The van der Waals surface area contributed by atoms with Crippen molar-refractivity contribution >= 4 is 19.9 Å². The first-order valence-electron chi connectivity index (χ1n) is 15.5. The minimum atomic E-state index is -1.99. The maximum atomic E-state index is 11.9. The molecule has 2 aromatic carbocycles. The quantitative estimate of drug-likeness (QED) is 0.0996. The molecule has 0 fully saturated rings. The van der Waals surface area contributed by atoms with Gasteiger partial charge in [-0.15, -0.1) is 5.92 Å². The molecule has 2 aromatic heterocycles. The lowest BCUT2D eigenvalue weighted by molar-refractivity contribution is -0.140. The molecule has 1 atom stereocenters. The third-order valence-electron chi connectivity index (χ3n) is 8.58. The van der Waals surface area contributed by atoms with Crippen molar-refractivity contribution in [2.45, 2.75) is 98.4 Å². The van der Waals surface area contributed by atoms with Crippen molar-refractivity contribution in [2.24, 2.45) is 0 Å². The van der Waals surface area contributed by atoms with Gasteiger partial charge in [-0.1, -0.05) is 52.7 Å². The van der Waals surface area contributed by atoms with Crippen LogP contribution in [-0.4, -0.2) is 36.0 Å². The second-order valence-electron chi connectivity index (χ2n) is 13.5. The largest absolute Gasteiger partial charge is 0.543 e. The van der Waals surface area contributed by atoms with E-state index < -0.39 is 8.32 Å². The summed E-state index contributed by atoms with van der Waals surface area (Å²) in [5.74, 6) is 8.15. The van der Waals surface area contributed by atoms with Gasteiger partial charge in [0.15, 0.2) is 11.5 Å². The Hall–Kier alpha value is -4.09. The Balaban J connectivity index is 1.67. The summed E-state index contributed by atoms with van der Waals surface area (Å²) in [6.45, 7) is 21.9. The van der Waals surface area contributed by atoms with Crippen LogP contribution < -0.4 is 9.16 Å². The lowest BCUT2D eigenvalue weighted by Gasteiger charge is -2.36. The summed E-state index contributed by atoms with van der Waals surface area (Å²) in [4.78, 5) is 16.8. The Labute approximate surface area is 269 Å². The van der Waals surface area contributed by atoms with Crippen LogP contribution >= 0.6 is 0 Å². The molecule has 45 heavy (non-hydrogen) atoms. The lowest BCUT2D eigenvalue weighted by Crippen LogP contribution is -2.43. The fourth-order valence-corrected chi connectivity index (χ4v) is 6.07. The molecule has 8 heteroatoms. The molecule has 238 valence electrons. The molecule has 0 bridgehead atoms. The number of esters is 1. The molecular weight excluding hydrogens is 579 g/mol. The van der Waals surface area contributed by atoms with E-state index in [2.05, 4.69) is 91.6 Å². The molecule has 0 saturated heterocycles. The number of fused-ring (bicyclic) bond motifs is 1. The number of ether oxygens (including phenoxy) is 2. The summed E-state index contributed by atoms with van der Waals surface area (Å²) in [6, 6.07) is 14.2. The van der Waals surface area contributed by atoms with E-state index in [0.717, 1.165) is 56.4 Å². The predicted octanol–water partition coefficient (Wildman–Crippen LogP) is 8.77. The van der Waals surface area contributed by atoms with Gasteiger partial charge in [-0.2, -0.15) is 5.10 Å². The monoisotopic (exact) mass is 625 g/mol. The smallest absolute Gasteiger partial charge is 0.307 e. The van der Waals surface area contributed by atoms with Gasteiger partial charge < -0.3 is 13.9 Å². The highest BCUT2D eigenvalue weighted by Crippen LogP contribution is 2.40. The van der Waals surface area contributed by atoms with Gasteiger partial charge in [-0.3, -0.25) is 4.79 Å². The lowest BCUT2D eigenvalue weighted by atomic mass is 9.95. The van der Waals surface area contributed by atoms with E-state index in [4.69, 9.17) is 24.0 Å². The van der Waals surface area contributed by atoms with Crippen LogP contribution in [0.3, 0.4) is 0 Å². The number of hydrogen-bond acceptors (Lipinski definition) is 6. The summed E-state index contributed by atoms with van der Waals surface area (Å²) in [7, 11) is -0.594. The van der Waals surface area contributed by atoms with E-state index in [-0.39, 0.29) is 29.3 Å². The normalized spacial score (nSPS) is 12.5.